The molecule has 19 heavy (non-hydrogen) atoms. The smallest absolute Gasteiger partial charge is 0.240 e. The molecule has 2 unspecified atom stereocenters. The molecule has 0 aromatic carbocycles. The van der Waals surface area contributed by atoms with Crippen LogP contribution < -0.4 is 11.1 Å². The van der Waals surface area contributed by atoms with E-state index in [1.54, 1.807) is 7.11 Å². The van der Waals surface area contributed by atoms with Gasteiger partial charge >= 0.3 is 0 Å². The van der Waals surface area contributed by atoms with Crippen molar-refractivity contribution in [2.75, 3.05) is 20.3 Å². The monoisotopic (exact) mass is 270 g/mol. The summed E-state index contributed by atoms with van der Waals surface area (Å²) in [6.07, 6.45) is 4.78. The lowest BCUT2D eigenvalue weighted by Gasteiger charge is -2.36. The fourth-order valence-electron chi connectivity index (χ4n) is 2.76. The van der Waals surface area contributed by atoms with Gasteiger partial charge in [-0.25, -0.2) is 0 Å². The molecule has 4 nitrogen and oxygen atoms in total. The minimum Gasteiger partial charge on any atom is -0.385 e. The van der Waals surface area contributed by atoms with E-state index in [1.165, 1.54) is 6.42 Å². The summed E-state index contributed by atoms with van der Waals surface area (Å²) in [4.78, 5) is 12.3. The second-order valence-electron chi connectivity index (χ2n) is 6.95. The van der Waals surface area contributed by atoms with Gasteiger partial charge in [-0.2, -0.15) is 0 Å². The summed E-state index contributed by atoms with van der Waals surface area (Å²) in [5.41, 5.74) is 5.67. The van der Waals surface area contributed by atoms with Crippen molar-refractivity contribution in [3.05, 3.63) is 0 Å². The predicted octanol–water partition coefficient (Wildman–Crippen LogP) is 2.07. The van der Waals surface area contributed by atoms with Crippen molar-refractivity contribution in [1.29, 1.82) is 0 Å². The van der Waals surface area contributed by atoms with E-state index in [-0.39, 0.29) is 11.3 Å². The second kappa shape index (κ2) is 6.71. The van der Waals surface area contributed by atoms with Crippen molar-refractivity contribution in [2.45, 2.75) is 58.4 Å². The van der Waals surface area contributed by atoms with Crippen LogP contribution in [0, 0.1) is 11.3 Å². The predicted molar refractivity (Wildman–Crippen MR) is 77.8 cm³/mol. The molecule has 0 spiro atoms. The Kier molecular flexibility index (Phi) is 5.81. The van der Waals surface area contributed by atoms with Gasteiger partial charge in [-0.05, 0) is 30.6 Å². The highest BCUT2D eigenvalue weighted by Crippen LogP contribution is 2.30. The van der Waals surface area contributed by atoms with E-state index in [9.17, 15) is 4.79 Å². The molecule has 0 radical (unpaired) electrons. The summed E-state index contributed by atoms with van der Waals surface area (Å²) in [5, 5.41) is 3.04. The quantitative estimate of drug-likeness (QED) is 0.776. The molecule has 0 aromatic rings. The van der Waals surface area contributed by atoms with Crippen LogP contribution in [0.2, 0.25) is 0 Å². The van der Waals surface area contributed by atoms with Crippen molar-refractivity contribution in [2.24, 2.45) is 17.1 Å². The minimum absolute atomic E-state index is 0.0181. The van der Waals surface area contributed by atoms with Crippen LogP contribution in [-0.4, -0.2) is 31.7 Å². The normalized spacial score (nSPS) is 28.2. The number of carbonyl (C=O) groups excluding carboxylic acids is 1. The Labute approximate surface area is 117 Å². The Morgan fingerprint density at radius 1 is 1.53 bits per heavy atom. The molecule has 1 aliphatic carbocycles. The summed E-state index contributed by atoms with van der Waals surface area (Å²) in [7, 11) is 1.70. The van der Waals surface area contributed by atoms with Crippen LogP contribution in [0.25, 0.3) is 0 Å². The topological polar surface area (TPSA) is 64.3 Å². The number of carbonyl (C=O) groups is 1. The van der Waals surface area contributed by atoms with E-state index in [0.717, 1.165) is 25.7 Å². The van der Waals surface area contributed by atoms with Crippen molar-refractivity contribution in [1.82, 2.24) is 5.32 Å². The van der Waals surface area contributed by atoms with Gasteiger partial charge < -0.3 is 15.8 Å². The molecule has 0 aliphatic heterocycles. The molecule has 1 saturated carbocycles. The van der Waals surface area contributed by atoms with E-state index >= 15 is 0 Å². The Balaban J connectivity index is 2.46. The summed E-state index contributed by atoms with van der Waals surface area (Å²) in [6.45, 7) is 7.82. The van der Waals surface area contributed by atoms with E-state index in [2.05, 4.69) is 26.1 Å². The molecule has 0 bridgehead atoms. The van der Waals surface area contributed by atoms with Gasteiger partial charge in [0.2, 0.25) is 5.91 Å². The Hall–Kier alpha value is -0.610. The molecule has 1 amide bonds. The van der Waals surface area contributed by atoms with Crippen LogP contribution in [0.1, 0.15) is 52.9 Å². The number of amides is 1. The molecule has 112 valence electrons. The van der Waals surface area contributed by atoms with Crippen molar-refractivity contribution in [3.8, 4) is 0 Å². The maximum Gasteiger partial charge on any atom is 0.240 e. The van der Waals surface area contributed by atoms with E-state index in [4.69, 9.17) is 10.5 Å². The van der Waals surface area contributed by atoms with Gasteiger partial charge in [0.25, 0.3) is 0 Å². The van der Waals surface area contributed by atoms with Crippen LogP contribution in [0.15, 0.2) is 0 Å². The van der Waals surface area contributed by atoms with Crippen molar-refractivity contribution < 1.29 is 9.53 Å². The zero-order valence-electron chi connectivity index (χ0n) is 12.9. The SMILES string of the molecule is COCCC(C)(C)CNC(=O)C1(N)CCCC(C)C1. The summed E-state index contributed by atoms with van der Waals surface area (Å²) >= 11 is 0. The van der Waals surface area contributed by atoms with Crippen LogP contribution >= 0.6 is 0 Å². The molecule has 3 N–H and O–H groups in total. The highest BCUT2D eigenvalue weighted by atomic mass is 16.5. The highest BCUT2D eigenvalue weighted by Gasteiger charge is 2.38. The lowest BCUT2D eigenvalue weighted by atomic mass is 9.76. The summed E-state index contributed by atoms with van der Waals surface area (Å²) in [5.74, 6) is 0.565. The Morgan fingerprint density at radius 3 is 2.79 bits per heavy atom. The molecule has 0 heterocycles. The third kappa shape index (κ3) is 5.11. The molecule has 4 heteroatoms. The average Bonchev–Trinajstić information content (AvgIpc) is 2.33. The number of nitrogens with two attached hydrogens (primary N) is 1. The molecule has 1 fully saturated rings. The van der Waals surface area contributed by atoms with Crippen LogP contribution in [0.4, 0.5) is 0 Å². The van der Waals surface area contributed by atoms with Gasteiger partial charge in [0, 0.05) is 20.3 Å². The highest BCUT2D eigenvalue weighted by molar-refractivity contribution is 5.86. The fourth-order valence-corrected chi connectivity index (χ4v) is 2.76. The fraction of sp³-hybridized carbons (Fsp3) is 0.933. The summed E-state index contributed by atoms with van der Waals surface area (Å²) in [6, 6.07) is 0. The minimum atomic E-state index is -0.658. The molecule has 1 aliphatic rings. The van der Waals surface area contributed by atoms with Crippen molar-refractivity contribution in [3.63, 3.8) is 0 Å². The number of rotatable bonds is 6. The lowest BCUT2D eigenvalue weighted by molar-refractivity contribution is -0.128. The van der Waals surface area contributed by atoms with Crippen molar-refractivity contribution >= 4 is 5.91 Å². The van der Waals surface area contributed by atoms with Gasteiger partial charge in [-0.3, -0.25) is 4.79 Å². The van der Waals surface area contributed by atoms with E-state index in [0.29, 0.717) is 19.1 Å². The third-order valence-electron chi connectivity index (χ3n) is 4.20. The van der Waals surface area contributed by atoms with Gasteiger partial charge in [0.05, 0.1) is 5.54 Å². The third-order valence-corrected chi connectivity index (χ3v) is 4.20. The van der Waals surface area contributed by atoms with Gasteiger partial charge in [-0.1, -0.05) is 33.6 Å². The van der Waals surface area contributed by atoms with Crippen LogP contribution in [-0.2, 0) is 9.53 Å². The molecule has 0 aromatic heterocycles. The molecule has 2 atom stereocenters. The number of hydrogen-bond donors (Lipinski definition) is 2. The number of methoxy groups -OCH3 is 1. The van der Waals surface area contributed by atoms with Crippen LogP contribution in [0.5, 0.6) is 0 Å². The molecule has 1 rings (SSSR count). The van der Waals surface area contributed by atoms with Crippen LogP contribution in [0.3, 0.4) is 0 Å². The molecular formula is C15H30N2O2. The molecule has 0 saturated heterocycles. The van der Waals surface area contributed by atoms with E-state index in [1.807, 2.05) is 0 Å². The van der Waals surface area contributed by atoms with Gasteiger partial charge in [0.1, 0.15) is 0 Å². The maximum atomic E-state index is 12.3. The zero-order valence-corrected chi connectivity index (χ0v) is 12.9. The first-order valence-corrected chi connectivity index (χ1v) is 7.35. The molecular weight excluding hydrogens is 240 g/mol. The number of ether oxygens (including phenoxy) is 1. The first-order valence-electron chi connectivity index (χ1n) is 7.35. The second-order valence-corrected chi connectivity index (χ2v) is 6.95. The number of hydrogen-bond acceptors (Lipinski definition) is 3. The van der Waals surface area contributed by atoms with Gasteiger partial charge in [0.15, 0.2) is 0 Å². The lowest BCUT2D eigenvalue weighted by Crippen LogP contribution is -2.57. The number of nitrogens with one attached hydrogen (secondary N) is 1. The van der Waals surface area contributed by atoms with Gasteiger partial charge in [-0.15, -0.1) is 0 Å². The zero-order chi connectivity index (χ0) is 14.5. The first kappa shape index (κ1) is 16.4. The van der Waals surface area contributed by atoms with E-state index < -0.39 is 5.54 Å². The maximum absolute atomic E-state index is 12.3. The standard InChI is InChI=1S/C15H30N2O2/c1-12-6-5-7-15(16,10-12)13(18)17-11-14(2,3)8-9-19-4/h12H,5-11,16H2,1-4H3,(H,17,18). The average molecular weight is 270 g/mol. The Bertz CT molecular complexity index is 305. The Morgan fingerprint density at radius 2 is 2.21 bits per heavy atom. The first-order chi connectivity index (χ1) is 8.79. The largest absolute Gasteiger partial charge is 0.385 e. The summed E-state index contributed by atoms with van der Waals surface area (Å²) < 4.78 is 5.10.